The molecule has 4 aromatic rings. The fraction of sp³-hybridized carbons (Fsp3) is 0.182. The van der Waals surface area contributed by atoms with Crippen molar-refractivity contribution in [3.63, 3.8) is 0 Å². The SMILES string of the molecule is CC(C)Cn1nc2c(-c3ccc(Cl)cc3)c(-c3ccc(Cl)cc3Cl)ccn2c1=O. The molecule has 4 rings (SSSR count). The van der Waals surface area contributed by atoms with Gasteiger partial charge in [0, 0.05) is 38.9 Å². The van der Waals surface area contributed by atoms with E-state index in [2.05, 4.69) is 18.9 Å². The van der Waals surface area contributed by atoms with E-state index in [9.17, 15) is 4.79 Å². The van der Waals surface area contributed by atoms with Crippen LogP contribution in [0.2, 0.25) is 15.1 Å². The van der Waals surface area contributed by atoms with Crippen LogP contribution in [0, 0.1) is 5.92 Å². The zero-order valence-corrected chi connectivity index (χ0v) is 18.1. The Morgan fingerprint density at radius 3 is 2.28 bits per heavy atom. The summed E-state index contributed by atoms with van der Waals surface area (Å²) < 4.78 is 3.08. The van der Waals surface area contributed by atoms with Crippen molar-refractivity contribution in [2.45, 2.75) is 20.4 Å². The maximum atomic E-state index is 12.9. The molecule has 0 aliphatic heterocycles. The van der Waals surface area contributed by atoms with Crippen molar-refractivity contribution in [1.29, 1.82) is 0 Å². The first-order valence-corrected chi connectivity index (χ1v) is 10.3. The molecule has 0 saturated carbocycles. The molecule has 0 N–H and O–H groups in total. The minimum absolute atomic E-state index is 0.169. The van der Waals surface area contributed by atoms with E-state index in [0.29, 0.717) is 33.2 Å². The van der Waals surface area contributed by atoms with Gasteiger partial charge in [0.25, 0.3) is 0 Å². The summed E-state index contributed by atoms with van der Waals surface area (Å²) in [7, 11) is 0. The molecule has 0 aliphatic rings. The summed E-state index contributed by atoms with van der Waals surface area (Å²) in [6.45, 7) is 4.64. The molecule has 7 heteroatoms. The molecule has 0 aliphatic carbocycles. The molecule has 2 aromatic heterocycles. The van der Waals surface area contributed by atoms with E-state index in [1.165, 1.54) is 4.68 Å². The fourth-order valence-corrected chi connectivity index (χ4v) is 4.01. The molecule has 0 bridgehead atoms. The van der Waals surface area contributed by atoms with E-state index in [0.717, 1.165) is 22.3 Å². The normalized spacial score (nSPS) is 11.5. The number of nitrogens with zero attached hydrogens (tertiary/aromatic N) is 3. The van der Waals surface area contributed by atoms with Gasteiger partial charge in [-0.1, -0.05) is 66.8 Å². The van der Waals surface area contributed by atoms with Crippen molar-refractivity contribution in [3.05, 3.63) is 80.3 Å². The van der Waals surface area contributed by atoms with Crippen LogP contribution in [0.15, 0.2) is 59.5 Å². The van der Waals surface area contributed by atoms with E-state index >= 15 is 0 Å². The van der Waals surface area contributed by atoms with Gasteiger partial charge in [-0.05, 0) is 47.4 Å². The highest BCUT2D eigenvalue weighted by Gasteiger charge is 2.19. The molecule has 0 fully saturated rings. The van der Waals surface area contributed by atoms with Crippen LogP contribution in [0.3, 0.4) is 0 Å². The lowest BCUT2D eigenvalue weighted by atomic mass is 9.96. The largest absolute Gasteiger partial charge is 0.350 e. The van der Waals surface area contributed by atoms with Crippen LogP contribution >= 0.6 is 34.8 Å². The standard InChI is InChI=1S/C22H18Cl3N3O/c1-13(2)12-28-22(29)27-10-9-18(17-8-7-16(24)11-19(17)25)20(21(27)26-28)14-3-5-15(23)6-4-14/h3-11,13H,12H2,1-2H3. The van der Waals surface area contributed by atoms with Gasteiger partial charge in [0.2, 0.25) is 0 Å². The Morgan fingerprint density at radius 2 is 1.62 bits per heavy atom. The van der Waals surface area contributed by atoms with Crippen LogP contribution in [-0.2, 0) is 6.54 Å². The first kappa shape index (κ1) is 20.0. The Bertz CT molecular complexity index is 1260. The second-order valence-corrected chi connectivity index (χ2v) is 8.57. The maximum absolute atomic E-state index is 12.9. The van der Waals surface area contributed by atoms with Crippen molar-refractivity contribution in [1.82, 2.24) is 14.2 Å². The summed E-state index contributed by atoms with van der Waals surface area (Å²) in [5.41, 5.74) is 3.78. The zero-order chi connectivity index (χ0) is 20.7. The highest BCUT2D eigenvalue weighted by Crippen LogP contribution is 2.39. The molecule has 2 heterocycles. The van der Waals surface area contributed by atoms with E-state index in [4.69, 9.17) is 34.8 Å². The number of pyridine rings is 1. The van der Waals surface area contributed by atoms with Gasteiger partial charge in [-0.25, -0.2) is 13.9 Å². The Balaban J connectivity index is 2.06. The third-order valence-electron chi connectivity index (χ3n) is 4.65. The van der Waals surface area contributed by atoms with E-state index in [-0.39, 0.29) is 5.69 Å². The van der Waals surface area contributed by atoms with E-state index in [1.54, 1.807) is 22.7 Å². The topological polar surface area (TPSA) is 39.3 Å². The molecule has 0 amide bonds. The quantitative estimate of drug-likeness (QED) is 0.361. The Labute approximate surface area is 183 Å². The third kappa shape index (κ3) is 3.80. The number of fused-ring (bicyclic) bond motifs is 1. The lowest BCUT2D eigenvalue weighted by Crippen LogP contribution is -2.23. The molecule has 0 atom stereocenters. The van der Waals surface area contributed by atoms with E-state index in [1.807, 2.05) is 36.4 Å². The van der Waals surface area contributed by atoms with Crippen molar-refractivity contribution in [3.8, 4) is 22.3 Å². The molecule has 2 aromatic carbocycles. The van der Waals surface area contributed by atoms with Crippen molar-refractivity contribution < 1.29 is 0 Å². The summed E-state index contributed by atoms with van der Waals surface area (Å²) in [5, 5.41) is 6.37. The Morgan fingerprint density at radius 1 is 0.931 bits per heavy atom. The van der Waals surface area contributed by atoms with Crippen LogP contribution in [0.1, 0.15) is 13.8 Å². The Kier molecular flexibility index (Phi) is 5.43. The number of aromatic nitrogens is 3. The minimum atomic E-state index is -0.169. The lowest BCUT2D eigenvalue weighted by Gasteiger charge is -2.13. The van der Waals surface area contributed by atoms with Gasteiger partial charge in [-0.2, -0.15) is 0 Å². The number of benzene rings is 2. The van der Waals surface area contributed by atoms with Crippen molar-refractivity contribution in [2.24, 2.45) is 5.92 Å². The molecule has 29 heavy (non-hydrogen) atoms. The molecule has 0 unspecified atom stereocenters. The monoisotopic (exact) mass is 445 g/mol. The molecule has 4 nitrogen and oxygen atoms in total. The number of hydrogen-bond donors (Lipinski definition) is 0. The van der Waals surface area contributed by atoms with Gasteiger partial charge in [-0.15, -0.1) is 5.10 Å². The number of rotatable bonds is 4. The molecular formula is C22H18Cl3N3O. The van der Waals surface area contributed by atoms with Crippen molar-refractivity contribution in [2.75, 3.05) is 0 Å². The fourth-order valence-electron chi connectivity index (χ4n) is 3.38. The lowest BCUT2D eigenvalue weighted by molar-refractivity contribution is 0.471. The average molecular weight is 447 g/mol. The van der Waals surface area contributed by atoms with Gasteiger partial charge in [-0.3, -0.25) is 0 Å². The van der Waals surface area contributed by atoms with Gasteiger partial charge < -0.3 is 0 Å². The number of hydrogen-bond acceptors (Lipinski definition) is 2. The first-order valence-electron chi connectivity index (χ1n) is 9.18. The van der Waals surface area contributed by atoms with Crippen molar-refractivity contribution >= 4 is 40.4 Å². The smallest absolute Gasteiger partial charge is 0.250 e. The maximum Gasteiger partial charge on any atom is 0.350 e. The summed E-state index contributed by atoms with van der Waals surface area (Å²) in [5.74, 6) is 0.293. The van der Waals surface area contributed by atoms with E-state index < -0.39 is 0 Å². The number of halogens is 3. The minimum Gasteiger partial charge on any atom is -0.250 e. The zero-order valence-electron chi connectivity index (χ0n) is 15.9. The highest BCUT2D eigenvalue weighted by atomic mass is 35.5. The van der Waals surface area contributed by atoms with Crippen LogP contribution in [0.5, 0.6) is 0 Å². The predicted octanol–water partition coefficient (Wildman–Crippen LogP) is 6.45. The summed E-state index contributed by atoms with van der Waals surface area (Å²) in [6.07, 6.45) is 1.74. The highest BCUT2D eigenvalue weighted by molar-refractivity contribution is 6.36. The van der Waals surface area contributed by atoms with Gasteiger partial charge in [0.15, 0.2) is 5.65 Å². The third-order valence-corrected chi connectivity index (χ3v) is 5.45. The summed E-state index contributed by atoms with van der Waals surface area (Å²) in [6, 6.07) is 14.7. The van der Waals surface area contributed by atoms with Crippen LogP contribution in [0.25, 0.3) is 27.9 Å². The molecular weight excluding hydrogens is 429 g/mol. The molecule has 0 radical (unpaired) electrons. The Hall–Kier alpha value is -2.27. The molecule has 0 saturated heterocycles. The first-order chi connectivity index (χ1) is 13.8. The molecule has 148 valence electrons. The second-order valence-electron chi connectivity index (χ2n) is 7.29. The average Bonchev–Trinajstić information content (AvgIpc) is 2.97. The summed E-state index contributed by atoms with van der Waals surface area (Å²) in [4.78, 5) is 12.9. The second kappa shape index (κ2) is 7.86. The molecule has 0 spiro atoms. The van der Waals surface area contributed by atoms with Crippen LogP contribution < -0.4 is 5.69 Å². The summed E-state index contributed by atoms with van der Waals surface area (Å²) >= 11 is 18.7. The van der Waals surface area contributed by atoms with Gasteiger partial charge in [0.1, 0.15) is 0 Å². The van der Waals surface area contributed by atoms with Gasteiger partial charge >= 0.3 is 5.69 Å². The van der Waals surface area contributed by atoms with Crippen LogP contribution in [0.4, 0.5) is 0 Å². The predicted molar refractivity (Wildman–Crippen MR) is 120 cm³/mol. The van der Waals surface area contributed by atoms with Crippen LogP contribution in [-0.4, -0.2) is 14.2 Å². The van der Waals surface area contributed by atoms with Gasteiger partial charge in [0.05, 0.1) is 0 Å².